The number of carbonyl (C=O) groups excluding carboxylic acids is 2. The van der Waals surface area contributed by atoms with Crippen LogP contribution in [0.3, 0.4) is 0 Å². The van der Waals surface area contributed by atoms with Crippen LogP contribution in [0.1, 0.15) is 52.9 Å². The minimum Gasteiger partial charge on any atom is -0.393 e. The van der Waals surface area contributed by atoms with Gasteiger partial charge in [0, 0.05) is 17.3 Å². The number of allylic oxidation sites excluding steroid dienone is 4. The summed E-state index contributed by atoms with van der Waals surface area (Å²) in [6, 6.07) is 0. The SMILES string of the molecule is CC(C(=O)Cl)[C@H]1CCC2C3CCC4=CC(=O)C=C[C@]4(C)C3[C@@H](O)C[C@@]21C. The predicted octanol–water partition coefficient (Wildman–Crippen LogP) is 4.28. The summed E-state index contributed by atoms with van der Waals surface area (Å²) < 4.78 is 0. The third-order valence-corrected chi connectivity index (χ3v) is 8.87. The van der Waals surface area contributed by atoms with Crippen molar-refractivity contribution in [3.8, 4) is 0 Å². The monoisotopic (exact) mass is 376 g/mol. The van der Waals surface area contributed by atoms with Crippen LogP contribution in [-0.4, -0.2) is 22.2 Å². The lowest BCUT2D eigenvalue weighted by molar-refractivity contribution is -0.130. The standard InChI is InChI=1S/C22H29ClO3/c1-12(20(23)26)16-6-7-17-15-5-4-13-10-14(24)8-9-21(13,2)19(15)18(25)11-22(16,17)3/h8-10,12,15-19,25H,4-7,11H2,1-3H3/t12?,15?,16-,17?,18+,19?,21+,22-/m1/s1. The highest BCUT2D eigenvalue weighted by atomic mass is 35.5. The van der Waals surface area contributed by atoms with Crippen LogP contribution in [0, 0.1) is 40.4 Å². The van der Waals surface area contributed by atoms with E-state index in [1.54, 1.807) is 12.2 Å². The van der Waals surface area contributed by atoms with Gasteiger partial charge in [0.15, 0.2) is 5.78 Å². The molecule has 0 amide bonds. The first kappa shape index (κ1) is 18.4. The Balaban J connectivity index is 1.70. The first-order valence-corrected chi connectivity index (χ1v) is 10.4. The maximum Gasteiger partial charge on any atom is 0.224 e. The molecule has 3 fully saturated rings. The molecular weight excluding hydrogens is 348 g/mol. The van der Waals surface area contributed by atoms with Gasteiger partial charge in [0.25, 0.3) is 0 Å². The Morgan fingerprint density at radius 1 is 1.31 bits per heavy atom. The Morgan fingerprint density at radius 2 is 2.04 bits per heavy atom. The summed E-state index contributed by atoms with van der Waals surface area (Å²) in [5.74, 6) is 1.28. The lowest BCUT2D eigenvalue weighted by atomic mass is 9.46. The second kappa shape index (κ2) is 6.04. The van der Waals surface area contributed by atoms with Crippen molar-refractivity contribution in [3.05, 3.63) is 23.8 Å². The Kier molecular flexibility index (Phi) is 4.28. The first-order valence-electron chi connectivity index (χ1n) is 10.00. The van der Waals surface area contributed by atoms with E-state index in [0.717, 1.165) is 32.1 Å². The van der Waals surface area contributed by atoms with Crippen molar-refractivity contribution in [3.63, 3.8) is 0 Å². The van der Waals surface area contributed by atoms with Crippen LogP contribution < -0.4 is 0 Å². The number of carbonyl (C=O) groups is 2. The number of aliphatic hydroxyl groups is 1. The maximum absolute atomic E-state index is 11.8. The molecule has 1 N–H and O–H groups in total. The summed E-state index contributed by atoms with van der Waals surface area (Å²) in [6.07, 6.45) is 9.92. The van der Waals surface area contributed by atoms with Crippen molar-refractivity contribution >= 4 is 22.6 Å². The average molecular weight is 377 g/mol. The van der Waals surface area contributed by atoms with Crippen LogP contribution in [0.15, 0.2) is 23.8 Å². The number of ketones is 1. The van der Waals surface area contributed by atoms with Gasteiger partial charge in [-0.2, -0.15) is 0 Å². The highest BCUT2D eigenvalue weighted by Gasteiger charge is 2.62. The van der Waals surface area contributed by atoms with Gasteiger partial charge in [0.2, 0.25) is 5.24 Å². The fourth-order valence-electron chi connectivity index (χ4n) is 7.34. The molecule has 4 heteroatoms. The van der Waals surface area contributed by atoms with Gasteiger partial charge in [-0.3, -0.25) is 9.59 Å². The summed E-state index contributed by atoms with van der Waals surface area (Å²) in [5, 5.41) is 11.0. The van der Waals surface area contributed by atoms with Crippen molar-refractivity contribution in [1.82, 2.24) is 0 Å². The number of hydrogen-bond donors (Lipinski definition) is 1. The molecule has 0 heterocycles. The Morgan fingerprint density at radius 3 is 2.73 bits per heavy atom. The molecule has 4 aliphatic carbocycles. The van der Waals surface area contributed by atoms with Gasteiger partial charge in [0.1, 0.15) is 0 Å². The smallest absolute Gasteiger partial charge is 0.224 e. The lowest BCUT2D eigenvalue weighted by Gasteiger charge is -2.59. The Hall–Kier alpha value is -0.930. The van der Waals surface area contributed by atoms with E-state index in [1.807, 2.05) is 13.0 Å². The third kappa shape index (κ3) is 2.43. The molecule has 3 saturated carbocycles. The van der Waals surface area contributed by atoms with Gasteiger partial charge in [-0.05, 0) is 79.0 Å². The Bertz CT molecular complexity index is 710. The second-order valence-electron chi connectivity index (χ2n) is 9.58. The van der Waals surface area contributed by atoms with E-state index in [1.165, 1.54) is 5.57 Å². The molecule has 0 aromatic heterocycles. The zero-order valence-electron chi connectivity index (χ0n) is 15.9. The largest absolute Gasteiger partial charge is 0.393 e. The number of fused-ring (bicyclic) bond motifs is 5. The maximum atomic E-state index is 11.8. The van der Waals surface area contributed by atoms with Crippen molar-refractivity contribution in [2.24, 2.45) is 40.4 Å². The molecular formula is C22H29ClO3. The van der Waals surface area contributed by atoms with Crippen LogP contribution in [0.25, 0.3) is 0 Å². The zero-order valence-corrected chi connectivity index (χ0v) is 16.6. The van der Waals surface area contributed by atoms with Crippen LogP contribution in [-0.2, 0) is 9.59 Å². The van der Waals surface area contributed by atoms with E-state index in [0.29, 0.717) is 11.8 Å². The van der Waals surface area contributed by atoms with Crippen LogP contribution >= 0.6 is 11.6 Å². The van der Waals surface area contributed by atoms with E-state index < -0.39 is 6.10 Å². The molecule has 8 atom stereocenters. The van der Waals surface area contributed by atoms with E-state index in [-0.39, 0.29) is 39.6 Å². The molecule has 4 aliphatic rings. The highest BCUT2D eigenvalue weighted by molar-refractivity contribution is 6.63. The fourth-order valence-corrected chi connectivity index (χ4v) is 7.50. The van der Waals surface area contributed by atoms with Crippen molar-refractivity contribution in [2.75, 3.05) is 0 Å². The van der Waals surface area contributed by atoms with Gasteiger partial charge in [-0.1, -0.05) is 32.4 Å². The molecule has 3 nitrogen and oxygen atoms in total. The summed E-state index contributed by atoms with van der Waals surface area (Å²) in [7, 11) is 0. The van der Waals surface area contributed by atoms with Crippen molar-refractivity contribution < 1.29 is 14.7 Å². The highest BCUT2D eigenvalue weighted by Crippen LogP contribution is 2.66. The van der Waals surface area contributed by atoms with Gasteiger partial charge in [-0.15, -0.1) is 0 Å². The molecule has 0 spiro atoms. The minimum absolute atomic E-state index is 0.0314. The van der Waals surface area contributed by atoms with Crippen LogP contribution in [0.4, 0.5) is 0 Å². The lowest BCUT2D eigenvalue weighted by Crippen LogP contribution is -2.56. The number of halogens is 1. The van der Waals surface area contributed by atoms with Gasteiger partial charge >= 0.3 is 0 Å². The molecule has 0 saturated heterocycles. The summed E-state index contributed by atoms with van der Waals surface area (Å²) in [5.41, 5.74) is 0.938. The normalized spacial score (nSPS) is 48.3. The molecule has 142 valence electrons. The van der Waals surface area contributed by atoms with Crippen molar-refractivity contribution in [1.29, 1.82) is 0 Å². The number of hydrogen-bond acceptors (Lipinski definition) is 3. The van der Waals surface area contributed by atoms with Gasteiger partial charge in [0.05, 0.1) is 6.10 Å². The quantitative estimate of drug-likeness (QED) is 0.731. The van der Waals surface area contributed by atoms with E-state index in [9.17, 15) is 14.7 Å². The number of aliphatic hydroxyl groups excluding tert-OH is 1. The molecule has 0 bridgehead atoms. The Labute approximate surface area is 160 Å². The molecule has 4 unspecified atom stereocenters. The number of rotatable bonds is 2. The minimum atomic E-state index is -0.411. The molecule has 0 aliphatic heterocycles. The summed E-state index contributed by atoms with van der Waals surface area (Å²) in [6.45, 7) is 6.42. The van der Waals surface area contributed by atoms with Crippen LogP contribution in [0.2, 0.25) is 0 Å². The second-order valence-corrected chi connectivity index (χ2v) is 9.95. The average Bonchev–Trinajstić information content (AvgIpc) is 2.90. The molecule has 4 rings (SSSR count). The van der Waals surface area contributed by atoms with Gasteiger partial charge < -0.3 is 5.11 Å². The molecule has 26 heavy (non-hydrogen) atoms. The summed E-state index contributed by atoms with van der Waals surface area (Å²) >= 11 is 5.85. The van der Waals surface area contributed by atoms with E-state index in [2.05, 4.69) is 13.8 Å². The zero-order chi connectivity index (χ0) is 18.9. The van der Waals surface area contributed by atoms with Crippen LogP contribution in [0.5, 0.6) is 0 Å². The molecule has 0 radical (unpaired) electrons. The van der Waals surface area contributed by atoms with E-state index in [4.69, 9.17) is 11.6 Å². The van der Waals surface area contributed by atoms with E-state index >= 15 is 0 Å². The topological polar surface area (TPSA) is 54.4 Å². The predicted molar refractivity (Wildman–Crippen MR) is 102 cm³/mol. The summed E-state index contributed by atoms with van der Waals surface area (Å²) in [4.78, 5) is 23.7. The fraction of sp³-hybridized carbons (Fsp3) is 0.727. The third-order valence-electron chi connectivity index (χ3n) is 8.53. The van der Waals surface area contributed by atoms with Crippen molar-refractivity contribution in [2.45, 2.75) is 59.0 Å². The first-order chi connectivity index (χ1) is 12.2. The molecule has 0 aromatic carbocycles. The van der Waals surface area contributed by atoms with Gasteiger partial charge in [-0.25, -0.2) is 0 Å². The molecule has 0 aromatic rings.